The molecule has 1 N–H and O–H groups in total. The number of hydrogen-bond acceptors (Lipinski definition) is 2. The van der Waals surface area contributed by atoms with Gasteiger partial charge in [-0.05, 0) is 38.9 Å². The second-order valence-corrected chi connectivity index (χ2v) is 4.93. The zero-order valence-corrected chi connectivity index (χ0v) is 11.6. The van der Waals surface area contributed by atoms with Crippen LogP contribution in [-0.4, -0.2) is 16.8 Å². The Hall–Kier alpha value is -1.61. The minimum absolute atomic E-state index is 0.404. The fourth-order valence-corrected chi connectivity index (χ4v) is 2.04. The van der Waals surface area contributed by atoms with Crippen LogP contribution in [0.3, 0.4) is 0 Å². The summed E-state index contributed by atoms with van der Waals surface area (Å²) in [6.45, 7) is 7.26. The molecule has 0 atom stereocenters. The predicted molar refractivity (Wildman–Crippen MR) is 75.5 cm³/mol. The normalized spacial score (nSPS) is 11.2. The topological polar surface area (TPSA) is 29.9 Å². The van der Waals surface area contributed by atoms with E-state index in [-0.39, 0.29) is 0 Å². The van der Waals surface area contributed by atoms with Gasteiger partial charge in [-0.2, -0.15) is 5.10 Å². The quantitative estimate of drug-likeness (QED) is 0.894. The van der Waals surface area contributed by atoms with E-state index >= 15 is 0 Å². The third-order valence-electron chi connectivity index (χ3n) is 3.09. The molecule has 0 aliphatic rings. The molecule has 3 nitrogen and oxygen atoms in total. The van der Waals surface area contributed by atoms with Crippen molar-refractivity contribution in [1.29, 1.82) is 0 Å². The van der Waals surface area contributed by atoms with Gasteiger partial charge in [0.25, 0.3) is 0 Å². The smallest absolute Gasteiger partial charge is 0.0672 e. The fourth-order valence-electron chi connectivity index (χ4n) is 2.04. The molecule has 2 aromatic rings. The standard InChI is InChI=1S/C15H21N3/c1-11(2)18-10-15(12(3)17-18)14-7-5-13(6-8-14)9-16-4/h5-8,10-11,16H,9H2,1-4H3. The molecular weight excluding hydrogens is 222 g/mol. The molecular formula is C15H21N3. The molecule has 1 heterocycles. The molecule has 0 saturated heterocycles. The first-order valence-corrected chi connectivity index (χ1v) is 6.41. The van der Waals surface area contributed by atoms with Crippen LogP contribution in [0.1, 0.15) is 31.1 Å². The molecule has 0 unspecified atom stereocenters. The SMILES string of the molecule is CNCc1ccc(-c2cn(C(C)C)nc2C)cc1. The lowest BCUT2D eigenvalue weighted by Crippen LogP contribution is -2.04. The summed E-state index contributed by atoms with van der Waals surface area (Å²) in [4.78, 5) is 0. The third-order valence-corrected chi connectivity index (χ3v) is 3.09. The summed E-state index contributed by atoms with van der Waals surface area (Å²) in [7, 11) is 1.96. The van der Waals surface area contributed by atoms with Crippen molar-refractivity contribution in [2.75, 3.05) is 7.05 Å². The zero-order chi connectivity index (χ0) is 13.1. The number of rotatable bonds is 4. The van der Waals surface area contributed by atoms with Gasteiger partial charge in [-0.15, -0.1) is 0 Å². The monoisotopic (exact) mass is 243 g/mol. The summed E-state index contributed by atoms with van der Waals surface area (Å²) < 4.78 is 2.02. The second-order valence-electron chi connectivity index (χ2n) is 4.93. The van der Waals surface area contributed by atoms with E-state index in [1.165, 1.54) is 16.7 Å². The molecule has 2 rings (SSSR count). The van der Waals surface area contributed by atoms with Crippen LogP contribution < -0.4 is 5.32 Å². The lowest BCUT2D eigenvalue weighted by molar-refractivity contribution is 0.529. The van der Waals surface area contributed by atoms with Gasteiger partial charge < -0.3 is 5.32 Å². The van der Waals surface area contributed by atoms with Crippen LogP contribution in [-0.2, 0) is 6.54 Å². The highest BCUT2D eigenvalue weighted by molar-refractivity contribution is 5.65. The second kappa shape index (κ2) is 5.36. The highest BCUT2D eigenvalue weighted by atomic mass is 15.3. The fraction of sp³-hybridized carbons (Fsp3) is 0.400. The van der Waals surface area contributed by atoms with E-state index in [1.807, 2.05) is 11.7 Å². The average molecular weight is 243 g/mol. The molecule has 0 spiro atoms. The molecule has 1 aromatic heterocycles. The van der Waals surface area contributed by atoms with Gasteiger partial charge in [0.2, 0.25) is 0 Å². The molecule has 0 aliphatic heterocycles. The van der Waals surface area contributed by atoms with Crippen LogP contribution in [0.2, 0.25) is 0 Å². The lowest BCUT2D eigenvalue weighted by Gasteiger charge is -2.04. The molecule has 0 aliphatic carbocycles. The maximum Gasteiger partial charge on any atom is 0.0672 e. The van der Waals surface area contributed by atoms with Crippen molar-refractivity contribution in [3.8, 4) is 11.1 Å². The zero-order valence-electron chi connectivity index (χ0n) is 11.6. The molecule has 0 bridgehead atoms. The summed E-state index contributed by atoms with van der Waals surface area (Å²) in [6, 6.07) is 9.07. The van der Waals surface area contributed by atoms with Gasteiger partial charge in [0.15, 0.2) is 0 Å². The summed E-state index contributed by atoms with van der Waals surface area (Å²) in [5.74, 6) is 0. The van der Waals surface area contributed by atoms with E-state index in [2.05, 4.69) is 61.6 Å². The van der Waals surface area contributed by atoms with Gasteiger partial charge in [0.1, 0.15) is 0 Å². The first-order chi connectivity index (χ1) is 8.61. The molecule has 96 valence electrons. The lowest BCUT2D eigenvalue weighted by atomic mass is 10.0. The highest BCUT2D eigenvalue weighted by Crippen LogP contribution is 2.24. The Morgan fingerprint density at radius 1 is 1.22 bits per heavy atom. The van der Waals surface area contributed by atoms with Gasteiger partial charge in [-0.25, -0.2) is 0 Å². The van der Waals surface area contributed by atoms with Crippen molar-refractivity contribution in [3.63, 3.8) is 0 Å². The van der Waals surface area contributed by atoms with Crippen LogP contribution in [0.15, 0.2) is 30.5 Å². The minimum Gasteiger partial charge on any atom is -0.316 e. The van der Waals surface area contributed by atoms with E-state index in [0.717, 1.165) is 12.2 Å². The number of aromatic nitrogens is 2. The molecule has 0 radical (unpaired) electrons. The van der Waals surface area contributed by atoms with Crippen molar-refractivity contribution in [3.05, 3.63) is 41.7 Å². The minimum atomic E-state index is 0.404. The largest absolute Gasteiger partial charge is 0.316 e. The third kappa shape index (κ3) is 2.62. The van der Waals surface area contributed by atoms with Crippen molar-refractivity contribution in [1.82, 2.24) is 15.1 Å². The first-order valence-electron chi connectivity index (χ1n) is 6.41. The van der Waals surface area contributed by atoms with E-state index in [9.17, 15) is 0 Å². The maximum atomic E-state index is 4.55. The van der Waals surface area contributed by atoms with Crippen molar-refractivity contribution < 1.29 is 0 Å². The van der Waals surface area contributed by atoms with Gasteiger partial charge in [0, 0.05) is 24.3 Å². The number of nitrogens with zero attached hydrogens (tertiary/aromatic N) is 2. The average Bonchev–Trinajstić information content (AvgIpc) is 2.73. The van der Waals surface area contributed by atoms with Crippen LogP contribution in [0.5, 0.6) is 0 Å². The van der Waals surface area contributed by atoms with E-state index in [0.29, 0.717) is 6.04 Å². The van der Waals surface area contributed by atoms with Crippen molar-refractivity contribution in [2.45, 2.75) is 33.4 Å². The van der Waals surface area contributed by atoms with E-state index in [1.54, 1.807) is 0 Å². The number of benzene rings is 1. The van der Waals surface area contributed by atoms with E-state index < -0.39 is 0 Å². The Kier molecular flexibility index (Phi) is 3.82. The number of aryl methyl sites for hydroxylation is 1. The molecule has 1 aromatic carbocycles. The van der Waals surface area contributed by atoms with Crippen LogP contribution >= 0.6 is 0 Å². The Morgan fingerprint density at radius 2 is 1.89 bits per heavy atom. The van der Waals surface area contributed by atoms with Crippen LogP contribution in [0, 0.1) is 6.92 Å². The molecule has 0 saturated carbocycles. The predicted octanol–water partition coefficient (Wildman–Crippen LogP) is 3.16. The Morgan fingerprint density at radius 3 is 2.39 bits per heavy atom. The van der Waals surface area contributed by atoms with Crippen LogP contribution in [0.25, 0.3) is 11.1 Å². The summed E-state index contributed by atoms with van der Waals surface area (Å²) in [5, 5.41) is 7.71. The Labute approximate surface area is 109 Å². The van der Waals surface area contributed by atoms with Gasteiger partial charge in [0.05, 0.1) is 5.69 Å². The summed E-state index contributed by atoms with van der Waals surface area (Å²) in [6.07, 6.45) is 2.13. The highest BCUT2D eigenvalue weighted by Gasteiger charge is 2.08. The van der Waals surface area contributed by atoms with Gasteiger partial charge in [-0.1, -0.05) is 24.3 Å². The molecule has 0 amide bonds. The van der Waals surface area contributed by atoms with Crippen LogP contribution in [0.4, 0.5) is 0 Å². The summed E-state index contributed by atoms with van der Waals surface area (Å²) in [5.41, 5.74) is 4.85. The number of nitrogens with one attached hydrogen (secondary N) is 1. The van der Waals surface area contributed by atoms with Gasteiger partial charge in [-0.3, -0.25) is 4.68 Å². The van der Waals surface area contributed by atoms with Gasteiger partial charge >= 0.3 is 0 Å². The Bertz CT molecular complexity index is 509. The molecule has 18 heavy (non-hydrogen) atoms. The maximum absolute atomic E-state index is 4.55. The Balaban J connectivity index is 2.30. The molecule has 3 heteroatoms. The van der Waals surface area contributed by atoms with E-state index in [4.69, 9.17) is 0 Å². The van der Waals surface area contributed by atoms with Crippen molar-refractivity contribution in [2.24, 2.45) is 0 Å². The molecule has 0 fully saturated rings. The van der Waals surface area contributed by atoms with Crippen molar-refractivity contribution >= 4 is 0 Å². The number of hydrogen-bond donors (Lipinski definition) is 1. The first kappa shape index (κ1) is 12.8. The summed E-state index contributed by atoms with van der Waals surface area (Å²) >= 11 is 0.